The SMILES string of the molecule is Cc1ccc(C(C)NC(C)(C(=O)O)C2CC2)o1. The molecule has 0 aromatic carbocycles. The summed E-state index contributed by atoms with van der Waals surface area (Å²) in [4.78, 5) is 11.4. The number of aliphatic carboxylic acids is 1. The molecule has 0 bridgehead atoms. The first kappa shape index (κ1) is 12.2. The van der Waals surface area contributed by atoms with Gasteiger partial charge in [0.15, 0.2) is 0 Å². The molecule has 0 saturated heterocycles. The number of carboxylic acid groups (broad SMARTS) is 1. The topological polar surface area (TPSA) is 62.5 Å². The predicted octanol–water partition coefficient (Wildman–Crippen LogP) is 2.49. The highest BCUT2D eigenvalue weighted by atomic mass is 16.4. The van der Waals surface area contributed by atoms with Crippen LogP contribution in [-0.4, -0.2) is 16.6 Å². The van der Waals surface area contributed by atoms with E-state index in [4.69, 9.17) is 4.42 Å². The molecule has 94 valence electrons. The number of hydrogen-bond acceptors (Lipinski definition) is 3. The predicted molar refractivity (Wildman–Crippen MR) is 63.8 cm³/mol. The minimum Gasteiger partial charge on any atom is -0.480 e. The average molecular weight is 237 g/mol. The molecule has 1 fully saturated rings. The molecule has 17 heavy (non-hydrogen) atoms. The van der Waals surface area contributed by atoms with E-state index in [0.717, 1.165) is 24.4 Å². The number of aryl methyl sites for hydroxylation is 1. The van der Waals surface area contributed by atoms with Gasteiger partial charge in [-0.15, -0.1) is 0 Å². The molecule has 4 nitrogen and oxygen atoms in total. The fraction of sp³-hybridized carbons (Fsp3) is 0.615. The maximum atomic E-state index is 11.4. The van der Waals surface area contributed by atoms with Crippen LogP contribution >= 0.6 is 0 Å². The van der Waals surface area contributed by atoms with E-state index in [9.17, 15) is 9.90 Å². The monoisotopic (exact) mass is 237 g/mol. The van der Waals surface area contributed by atoms with E-state index in [0.29, 0.717) is 0 Å². The van der Waals surface area contributed by atoms with Crippen molar-refractivity contribution in [2.75, 3.05) is 0 Å². The molecule has 2 rings (SSSR count). The molecular weight excluding hydrogens is 218 g/mol. The van der Waals surface area contributed by atoms with Crippen molar-refractivity contribution in [3.05, 3.63) is 23.7 Å². The van der Waals surface area contributed by atoms with Gasteiger partial charge in [-0.2, -0.15) is 0 Å². The number of carboxylic acids is 1. The van der Waals surface area contributed by atoms with Gasteiger partial charge in [0.25, 0.3) is 0 Å². The van der Waals surface area contributed by atoms with Crippen molar-refractivity contribution in [3.63, 3.8) is 0 Å². The summed E-state index contributed by atoms with van der Waals surface area (Å²) in [5.41, 5.74) is -0.847. The fourth-order valence-corrected chi connectivity index (χ4v) is 2.22. The first-order chi connectivity index (χ1) is 7.93. The lowest BCUT2D eigenvalue weighted by Crippen LogP contribution is -2.52. The van der Waals surface area contributed by atoms with Gasteiger partial charge < -0.3 is 9.52 Å². The molecule has 2 atom stereocenters. The molecule has 0 radical (unpaired) electrons. The molecule has 1 aromatic rings. The zero-order valence-corrected chi connectivity index (χ0v) is 10.5. The minimum atomic E-state index is -0.847. The number of hydrogen-bond donors (Lipinski definition) is 2. The maximum Gasteiger partial charge on any atom is 0.323 e. The third-order valence-corrected chi connectivity index (χ3v) is 3.54. The van der Waals surface area contributed by atoms with Gasteiger partial charge in [-0.1, -0.05) is 0 Å². The van der Waals surface area contributed by atoms with Gasteiger partial charge in [0, 0.05) is 0 Å². The summed E-state index contributed by atoms with van der Waals surface area (Å²) in [6.07, 6.45) is 1.97. The van der Waals surface area contributed by atoms with E-state index in [1.54, 1.807) is 6.92 Å². The molecule has 0 spiro atoms. The fourth-order valence-electron chi connectivity index (χ4n) is 2.22. The summed E-state index contributed by atoms with van der Waals surface area (Å²) < 4.78 is 5.52. The van der Waals surface area contributed by atoms with Crippen LogP contribution in [0.1, 0.15) is 44.3 Å². The van der Waals surface area contributed by atoms with Crippen LogP contribution in [0.4, 0.5) is 0 Å². The zero-order valence-electron chi connectivity index (χ0n) is 10.5. The van der Waals surface area contributed by atoms with Gasteiger partial charge in [0.1, 0.15) is 17.1 Å². The van der Waals surface area contributed by atoms with Crippen molar-refractivity contribution < 1.29 is 14.3 Å². The molecule has 0 amide bonds. The molecule has 1 aliphatic rings. The molecule has 4 heteroatoms. The van der Waals surface area contributed by atoms with E-state index in [-0.39, 0.29) is 12.0 Å². The lowest BCUT2D eigenvalue weighted by atomic mass is 9.94. The summed E-state index contributed by atoms with van der Waals surface area (Å²) in [5, 5.41) is 12.5. The quantitative estimate of drug-likeness (QED) is 0.826. The standard InChI is InChI=1S/C13H19NO3/c1-8-4-7-11(17-8)9(2)14-13(3,12(15)16)10-5-6-10/h4,7,9-10,14H,5-6H2,1-3H3,(H,15,16). The van der Waals surface area contributed by atoms with E-state index < -0.39 is 11.5 Å². The Morgan fingerprint density at radius 1 is 1.59 bits per heavy atom. The first-order valence-corrected chi connectivity index (χ1v) is 6.01. The third kappa shape index (κ3) is 2.36. The number of rotatable bonds is 5. The van der Waals surface area contributed by atoms with Crippen LogP contribution in [0.3, 0.4) is 0 Å². The second kappa shape index (κ2) is 4.18. The Kier molecular flexibility index (Phi) is 3.00. The van der Waals surface area contributed by atoms with Gasteiger partial charge in [-0.05, 0) is 51.7 Å². The number of carbonyl (C=O) groups is 1. The first-order valence-electron chi connectivity index (χ1n) is 6.01. The Balaban J connectivity index is 2.10. The number of furan rings is 1. The van der Waals surface area contributed by atoms with Crippen LogP contribution in [0, 0.1) is 12.8 Å². The van der Waals surface area contributed by atoms with Crippen molar-refractivity contribution in [1.82, 2.24) is 5.32 Å². The minimum absolute atomic E-state index is 0.0922. The lowest BCUT2D eigenvalue weighted by molar-refractivity contribution is -0.145. The van der Waals surface area contributed by atoms with E-state index in [2.05, 4.69) is 5.32 Å². The molecule has 0 aliphatic heterocycles. The maximum absolute atomic E-state index is 11.4. The highest BCUT2D eigenvalue weighted by Gasteiger charge is 2.48. The summed E-state index contributed by atoms with van der Waals surface area (Å²) in [6, 6.07) is 3.69. The van der Waals surface area contributed by atoms with Crippen LogP contribution in [0.15, 0.2) is 16.5 Å². The van der Waals surface area contributed by atoms with Gasteiger partial charge in [0.05, 0.1) is 6.04 Å². The second-order valence-electron chi connectivity index (χ2n) is 5.10. The normalized spacial score (nSPS) is 20.9. The van der Waals surface area contributed by atoms with Gasteiger partial charge in [-0.3, -0.25) is 10.1 Å². The summed E-state index contributed by atoms with van der Waals surface area (Å²) in [7, 11) is 0. The smallest absolute Gasteiger partial charge is 0.323 e. The van der Waals surface area contributed by atoms with Crippen LogP contribution in [0.25, 0.3) is 0 Å². The third-order valence-electron chi connectivity index (χ3n) is 3.54. The van der Waals surface area contributed by atoms with E-state index >= 15 is 0 Å². The lowest BCUT2D eigenvalue weighted by Gasteiger charge is -2.29. The van der Waals surface area contributed by atoms with E-state index in [1.165, 1.54) is 0 Å². The van der Waals surface area contributed by atoms with E-state index in [1.807, 2.05) is 26.0 Å². The molecule has 1 heterocycles. The number of nitrogens with one attached hydrogen (secondary N) is 1. The van der Waals surface area contributed by atoms with Crippen LogP contribution in [0.2, 0.25) is 0 Å². The van der Waals surface area contributed by atoms with Crippen LogP contribution in [0.5, 0.6) is 0 Å². The largest absolute Gasteiger partial charge is 0.480 e. The molecule has 1 aromatic heterocycles. The molecule has 2 unspecified atom stereocenters. The second-order valence-corrected chi connectivity index (χ2v) is 5.10. The highest BCUT2D eigenvalue weighted by molar-refractivity contribution is 5.79. The Hall–Kier alpha value is -1.29. The Morgan fingerprint density at radius 2 is 2.24 bits per heavy atom. The summed E-state index contributed by atoms with van der Waals surface area (Å²) >= 11 is 0. The Labute approximate surface area is 101 Å². The van der Waals surface area contributed by atoms with Crippen molar-refractivity contribution >= 4 is 5.97 Å². The van der Waals surface area contributed by atoms with Crippen molar-refractivity contribution in [3.8, 4) is 0 Å². The van der Waals surface area contributed by atoms with Gasteiger partial charge in [0.2, 0.25) is 0 Å². The van der Waals surface area contributed by atoms with Crippen molar-refractivity contribution in [2.24, 2.45) is 5.92 Å². The van der Waals surface area contributed by atoms with Crippen molar-refractivity contribution in [2.45, 2.75) is 45.2 Å². The van der Waals surface area contributed by atoms with Crippen LogP contribution in [-0.2, 0) is 4.79 Å². The molecule has 1 saturated carbocycles. The molecule has 2 N–H and O–H groups in total. The average Bonchev–Trinajstić information content (AvgIpc) is 3.01. The Bertz CT molecular complexity index is 422. The van der Waals surface area contributed by atoms with Gasteiger partial charge in [-0.25, -0.2) is 0 Å². The van der Waals surface area contributed by atoms with Crippen LogP contribution < -0.4 is 5.32 Å². The van der Waals surface area contributed by atoms with Crippen molar-refractivity contribution in [1.29, 1.82) is 0 Å². The highest BCUT2D eigenvalue weighted by Crippen LogP contribution is 2.41. The summed E-state index contributed by atoms with van der Waals surface area (Å²) in [5.74, 6) is 1.08. The Morgan fingerprint density at radius 3 is 2.65 bits per heavy atom. The molecular formula is C13H19NO3. The summed E-state index contributed by atoms with van der Waals surface area (Å²) in [6.45, 7) is 5.58. The van der Waals surface area contributed by atoms with Gasteiger partial charge >= 0.3 is 5.97 Å². The molecule has 1 aliphatic carbocycles. The zero-order chi connectivity index (χ0) is 12.6.